The van der Waals surface area contributed by atoms with E-state index in [4.69, 9.17) is 9.15 Å². The number of esters is 1. The quantitative estimate of drug-likeness (QED) is 0.836. The van der Waals surface area contributed by atoms with Crippen LogP contribution in [0.2, 0.25) is 0 Å². The van der Waals surface area contributed by atoms with Gasteiger partial charge >= 0.3 is 5.97 Å². The van der Waals surface area contributed by atoms with Gasteiger partial charge in [0.1, 0.15) is 5.76 Å². The number of furan rings is 1. The summed E-state index contributed by atoms with van der Waals surface area (Å²) >= 11 is 3.21. The lowest BCUT2D eigenvalue weighted by Gasteiger charge is -2.11. The molecule has 2 aromatic heterocycles. The molecule has 0 aliphatic rings. The van der Waals surface area contributed by atoms with Gasteiger partial charge in [-0.2, -0.15) is 0 Å². The molecule has 0 aliphatic carbocycles. The second-order valence-electron chi connectivity index (χ2n) is 4.27. The van der Waals surface area contributed by atoms with Gasteiger partial charge in [-0.25, -0.2) is 4.79 Å². The largest absolute Gasteiger partial charge is 0.467 e. The minimum Gasteiger partial charge on any atom is -0.467 e. The summed E-state index contributed by atoms with van der Waals surface area (Å²) in [6.07, 6.45) is 4.45. The van der Waals surface area contributed by atoms with E-state index in [-0.39, 0.29) is 18.2 Å². The van der Waals surface area contributed by atoms with E-state index in [0.29, 0.717) is 10.2 Å². The number of amides is 1. The molecule has 0 fully saturated rings. The van der Waals surface area contributed by atoms with E-state index in [1.54, 1.807) is 31.3 Å². The third-order valence-electron chi connectivity index (χ3n) is 2.62. The molecule has 1 N–H and O–H groups in total. The number of carbonyl (C=O) groups is 2. The molecular formula is C14H13BrN2O4. The van der Waals surface area contributed by atoms with Crippen LogP contribution in [-0.4, -0.2) is 23.5 Å². The van der Waals surface area contributed by atoms with Crippen LogP contribution in [0.25, 0.3) is 0 Å². The highest BCUT2D eigenvalue weighted by atomic mass is 79.9. The van der Waals surface area contributed by atoms with Crippen molar-refractivity contribution in [1.29, 1.82) is 0 Å². The molecule has 2 rings (SSSR count). The van der Waals surface area contributed by atoms with Gasteiger partial charge in [-0.3, -0.25) is 9.78 Å². The van der Waals surface area contributed by atoms with Crippen LogP contribution in [0.5, 0.6) is 0 Å². The van der Waals surface area contributed by atoms with E-state index in [9.17, 15) is 9.59 Å². The zero-order chi connectivity index (χ0) is 15.2. The summed E-state index contributed by atoms with van der Waals surface area (Å²) in [5, 5.41) is 2.67. The third-order valence-corrected chi connectivity index (χ3v) is 3.06. The number of nitrogens with zero attached hydrogens (tertiary/aromatic N) is 1. The Balaban J connectivity index is 1.82. The minimum atomic E-state index is -0.607. The van der Waals surface area contributed by atoms with Crippen molar-refractivity contribution >= 4 is 27.8 Å². The number of halogens is 1. The van der Waals surface area contributed by atoms with Gasteiger partial charge in [0, 0.05) is 16.9 Å². The summed E-state index contributed by atoms with van der Waals surface area (Å²) in [7, 11) is 0. The SMILES string of the molecule is C[C@@H](NC(=O)COC(=O)c1cncc(Br)c1)c1ccco1. The first-order valence-electron chi connectivity index (χ1n) is 6.16. The highest BCUT2D eigenvalue weighted by Crippen LogP contribution is 2.12. The smallest absolute Gasteiger partial charge is 0.340 e. The van der Waals surface area contributed by atoms with Crippen LogP contribution in [0.1, 0.15) is 29.1 Å². The van der Waals surface area contributed by atoms with Crippen LogP contribution in [0.3, 0.4) is 0 Å². The summed E-state index contributed by atoms with van der Waals surface area (Å²) < 4.78 is 10.7. The fraction of sp³-hybridized carbons (Fsp3) is 0.214. The molecule has 0 radical (unpaired) electrons. The number of pyridine rings is 1. The first-order valence-corrected chi connectivity index (χ1v) is 6.96. The first kappa shape index (κ1) is 15.2. The number of ether oxygens (including phenoxy) is 1. The molecule has 0 saturated carbocycles. The molecule has 0 bridgehead atoms. The van der Waals surface area contributed by atoms with Gasteiger partial charge in [-0.1, -0.05) is 0 Å². The average Bonchev–Trinajstić information content (AvgIpc) is 2.99. The van der Waals surface area contributed by atoms with Crippen molar-refractivity contribution in [2.24, 2.45) is 0 Å². The molecule has 2 heterocycles. The summed E-state index contributed by atoms with van der Waals surface area (Å²) in [4.78, 5) is 27.3. The van der Waals surface area contributed by atoms with Gasteiger partial charge in [0.2, 0.25) is 0 Å². The number of hydrogen-bond donors (Lipinski definition) is 1. The van der Waals surface area contributed by atoms with Gasteiger partial charge in [-0.15, -0.1) is 0 Å². The van der Waals surface area contributed by atoms with Crippen LogP contribution in [-0.2, 0) is 9.53 Å². The molecular weight excluding hydrogens is 340 g/mol. The van der Waals surface area contributed by atoms with E-state index >= 15 is 0 Å². The Morgan fingerprint density at radius 3 is 2.95 bits per heavy atom. The topological polar surface area (TPSA) is 81.4 Å². The average molecular weight is 353 g/mol. The van der Waals surface area contributed by atoms with Crippen LogP contribution in [0.15, 0.2) is 45.7 Å². The van der Waals surface area contributed by atoms with Crippen molar-refractivity contribution in [3.63, 3.8) is 0 Å². The summed E-state index contributed by atoms with van der Waals surface area (Å²) in [6, 6.07) is 4.76. The van der Waals surface area contributed by atoms with Crippen molar-refractivity contribution in [2.45, 2.75) is 13.0 Å². The molecule has 0 unspecified atom stereocenters. The number of carbonyl (C=O) groups excluding carboxylic acids is 2. The summed E-state index contributed by atoms with van der Waals surface area (Å²) in [5.41, 5.74) is 0.274. The highest BCUT2D eigenvalue weighted by molar-refractivity contribution is 9.10. The second kappa shape index (κ2) is 7.03. The molecule has 1 amide bonds. The van der Waals surface area contributed by atoms with Gasteiger partial charge < -0.3 is 14.5 Å². The first-order chi connectivity index (χ1) is 10.1. The molecule has 0 saturated heterocycles. The maximum atomic E-state index is 11.7. The molecule has 110 valence electrons. The number of rotatable bonds is 5. The molecule has 6 nitrogen and oxygen atoms in total. The minimum absolute atomic E-state index is 0.274. The number of nitrogens with one attached hydrogen (secondary N) is 1. The molecule has 21 heavy (non-hydrogen) atoms. The Hall–Kier alpha value is -2.15. The molecule has 2 aromatic rings. The van der Waals surface area contributed by atoms with Crippen LogP contribution >= 0.6 is 15.9 Å². The number of aromatic nitrogens is 1. The molecule has 7 heteroatoms. The van der Waals surface area contributed by atoms with Crippen LogP contribution in [0, 0.1) is 0 Å². The standard InChI is InChI=1S/C14H13BrN2O4/c1-9(12-3-2-4-20-12)17-13(18)8-21-14(19)10-5-11(15)7-16-6-10/h2-7,9H,8H2,1H3,(H,17,18)/t9-/m1/s1. The third kappa shape index (κ3) is 4.42. The lowest BCUT2D eigenvalue weighted by Crippen LogP contribution is -2.31. The van der Waals surface area contributed by atoms with E-state index in [1.807, 2.05) is 0 Å². The second-order valence-corrected chi connectivity index (χ2v) is 5.19. The fourth-order valence-electron chi connectivity index (χ4n) is 1.63. The lowest BCUT2D eigenvalue weighted by molar-refractivity contribution is -0.125. The monoisotopic (exact) mass is 352 g/mol. The van der Waals surface area contributed by atoms with Crippen molar-refractivity contribution in [2.75, 3.05) is 6.61 Å². The molecule has 0 aromatic carbocycles. The Kier molecular flexibility index (Phi) is 5.10. The van der Waals surface area contributed by atoms with Crippen molar-refractivity contribution in [3.8, 4) is 0 Å². The summed E-state index contributed by atoms with van der Waals surface area (Å²) in [5.74, 6) is -0.384. The van der Waals surface area contributed by atoms with Crippen LogP contribution in [0.4, 0.5) is 0 Å². The van der Waals surface area contributed by atoms with E-state index in [2.05, 4.69) is 26.2 Å². The molecule has 1 atom stereocenters. The van der Waals surface area contributed by atoms with Crippen molar-refractivity contribution in [3.05, 3.63) is 52.7 Å². The van der Waals surface area contributed by atoms with E-state index in [1.165, 1.54) is 12.5 Å². The zero-order valence-electron chi connectivity index (χ0n) is 11.2. The lowest BCUT2D eigenvalue weighted by atomic mass is 10.2. The van der Waals surface area contributed by atoms with E-state index in [0.717, 1.165) is 0 Å². The maximum Gasteiger partial charge on any atom is 0.340 e. The molecule has 0 spiro atoms. The zero-order valence-corrected chi connectivity index (χ0v) is 12.8. The summed E-state index contributed by atoms with van der Waals surface area (Å²) in [6.45, 7) is 1.41. The number of hydrogen-bond acceptors (Lipinski definition) is 5. The van der Waals surface area contributed by atoms with Crippen molar-refractivity contribution < 1.29 is 18.7 Å². The molecule has 0 aliphatic heterocycles. The van der Waals surface area contributed by atoms with Gasteiger partial charge in [-0.05, 0) is 41.1 Å². The van der Waals surface area contributed by atoms with E-state index < -0.39 is 11.9 Å². The van der Waals surface area contributed by atoms with Crippen LogP contribution < -0.4 is 5.32 Å². The van der Waals surface area contributed by atoms with Gasteiger partial charge in [0.15, 0.2) is 6.61 Å². The predicted molar refractivity (Wildman–Crippen MR) is 77.5 cm³/mol. The Morgan fingerprint density at radius 1 is 1.48 bits per heavy atom. The van der Waals surface area contributed by atoms with Gasteiger partial charge in [0.25, 0.3) is 5.91 Å². The maximum absolute atomic E-state index is 11.7. The normalized spacial score (nSPS) is 11.7. The Bertz CT molecular complexity index is 628. The Labute approximate surface area is 129 Å². The predicted octanol–water partition coefficient (Wildman–Crippen LogP) is 2.47. The van der Waals surface area contributed by atoms with Crippen molar-refractivity contribution in [1.82, 2.24) is 10.3 Å². The highest BCUT2D eigenvalue weighted by Gasteiger charge is 2.14. The van der Waals surface area contributed by atoms with Gasteiger partial charge in [0.05, 0.1) is 17.9 Å². The Morgan fingerprint density at radius 2 is 2.29 bits per heavy atom. The fourth-order valence-corrected chi connectivity index (χ4v) is 1.99.